The molecule has 1 fully saturated rings. The average Bonchev–Trinajstić information content (AvgIpc) is 2.49. The molecule has 1 aliphatic rings. The Labute approximate surface area is 130 Å². The Morgan fingerprint density at radius 1 is 1.45 bits per heavy atom. The van der Waals surface area contributed by atoms with Gasteiger partial charge in [-0.2, -0.15) is 0 Å². The molecule has 0 aliphatic carbocycles. The number of rotatable bonds is 5. The molecule has 4 heteroatoms. The number of hydrogen-bond donors (Lipinski definition) is 1. The van der Waals surface area contributed by atoms with E-state index in [4.69, 9.17) is 10.5 Å². The van der Waals surface area contributed by atoms with Crippen LogP contribution in [0.4, 0.5) is 0 Å². The molecule has 0 saturated carbocycles. The van der Waals surface area contributed by atoms with Crippen LogP contribution in [0, 0.1) is 5.92 Å². The third kappa shape index (κ3) is 3.74. The summed E-state index contributed by atoms with van der Waals surface area (Å²) >= 11 is 3.64. The molecule has 2 atom stereocenters. The molecule has 0 aromatic heterocycles. The van der Waals surface area contributed by atoms with Gasteiger partial charge in [-0.05, 0) is 49.1 Å². The molecule has 1 heterocycles. The van der Waals surface area contributed by atoms with Crippen LogP contribution in [0.2, 0.25) is 0 Å². The van der Waals surface area contributed by atoms with Gasteiger partial charge in [0, 0.05) is 23.6 Å². The number of likely N-dealkylation sites (tertiary alicyclic amines) is 1. The molecule has 2 unspecified atom stereocenters. The predicted octanol–water partition coefficient (Wildman–Crippen LogP) is 3.41. The number of ether oxygens (including phenoxy) is 1. The van der Waals surface area contributed by atoms with E-state index < -0.39 is 0 Å². The minimum atomic E-state index is 0.506. The van der Waals surface area contributed by atoms with Crippen molar-refractivity contribution in [3.05, 3.63) is 28.2 Å². The molecule has 0 amide bonds. The summed E-state index contributed by atoms with van der Waals surface area (Å²) in [6.45, 7) is 5.12. The second-order valence-corrected chi connectivity index (χ2v) is 6.47. The maximum atomic E-state index is 5.98. The minimum Gasteiger partial charge on any atom is -0.497 e. The average molecular weight is 341 g/mol. The fourth-order valence-electron chi connectivity index (χ4n) is 3.02. The number of halogens is 1. The molecule has 2 N–H and O–H groups in total. The van der Waals surface area contributed by atoms with E-state index in [-0.39, 0.29) is 0 Å². The highest BCUT2D eigenvalue weighted by Crippen LogP contribution is 2.29. The van der Waals surface area contributed by atoms with E-state index in [1.165, 1.54) is 24.8 Å². The second-order valence-electron chi connectivity index (χ2n) is 5.62. The molecule has 2 rings (SSSR count). The third-order valence-electron chi connectivity index (χ3n) is 4.42. The van der Waals surface area contributed by atoms with Gasteiger partial charge in [0.25, 0.3) is 0 Å². The predicted molar refractivity (Wildman–Crippen MR) is 87.0 cm³/mol. The lowest BCUT2D eigenvalue weighted by Gasteiger charge is -2.39. The van der Waals surface area contributed by atoms with E-state index in [9.17, 15) is 0 Å². The number of nitrogens with two attached hydrogens (primary N) is 1. The van der Waals surface area contributed by atoms with E-state index in [0.29, 0.717) is 6.04 Å². The summed E-state index contributed by atoms with van der Waals surface area (Å²) in [6, 6.07) is 6.66. The molecule has 20 heavy (non-hydrogen) atoms. The zero-order chi connectivity index (χ0) is 14.5. The Bertz CT molecular complexity index is 438. The number of methoxy groups -OCH3 is 1. The summed E-state index contributed by atoms with van der Waals surface area (Å²) in [4.78, 5) is 2.52. The summed E-state index contributed by atoms with van der Waals surface area (Å²) in [5.74, 6) is 1.75. The van der Waals surface area contributed by atoms with E-state index >= 15 is 0 Å². The van der Waals surface area contributed by atoms with Gasteiger partial charge in [-0.1, -0.05) is 29.3 Å². The molecule has 1 saturated heterocycles. The van der Waals surface area contributed by atoms with Gasteiger partial charge in [-0.3, -0.25) is 4.90 Å². The van der Waals surface area contributed by atoms with Crippen LogP contribution in [0.25, 0.3) is 0 Å². The van der Waals surface area contributed by atoms with Crippen molar-refractivity contribution < 1.29 is 4.74 Å². The highest BCUT2D eigenvalue weighted by atomic mass is 79.9. The topological polar surface area (TPSA) is 38.5 Å². The number of benzene rings is 1. The van der Waals surface area contributed by atoms with E-state index in [2.05, 4.69) is 39.9 Å². The lowest BCUT2D eigenvalue weighted by molar-refractivity contribution is 0.107. The molecular weight excluding hydrogens is 316 g/mol. The van der Waals surface area contributed by atoms with Crippen LogP contribution >= 0.6 is 15.9 Å². The summed E-state index contributed by atoms with van der Waals surface area (Å²) in [6.07, 6.45) is 3.79. The van der Waals surface area contributed by atoms with Gasteiger partial charge in [0.2, 0.25) is 0 Å². The highest BCUT2D eigenvalue weighted by Gasteiger charge is 2.26. The molecule has 1 aromatic rings. The van der Waals surface area contributed by atoms with Crippen molar-refractivity contribution in [3.63, 3.8) is 0 Å². The van der Waals surface area contributed by atoms with Crippen LogP contribution in [0.5, 0.6) is 5.75 Å². The Morgan fingerprint density at radius 2 is 2.25 bits per heavy atom. The van der Waals surface area contributed by atoms with Crippen molar-refractivity contribution in [3.8, 4) is 5.75 Å². The maximum absolute atomic E-state index is 5.98. The Balaban J connectivity index is 2.08. The molecule has 3 nitrogen and oxygen atoms in total. The Hall–Kier alpha value is -0.580. The lowest BCUT2D eigenvalue weighted by atomic mass is 9.88. The van der Waals surface area contributed by atoms with Crippen molar-refractivity contribution >= 4 is 15.9 Å². The van der Waals surface area contributed by atoms with Gasteiger partial charge in [0.1, 0.15) is 5.75 Å². The Kier molecular flexibility index (Phi) is 5.87. The van der Waals surface area contributed by atoms with Crippen molar-refractivity contribution in [2.75, 3.05) is 20.2 Å². The summed E-state index contributed by atoms with van der Waals surface area (Å²) in [5.41, 5.74) is 7.26. The first-order valence-electron chi connectivity index (χ1n) is 7.44. The van der Waals surface area contributed by atoms with Crippen molar-refractivity contribution in [1.82, 2.24) is 4.90 Å². The maximum Gasteiger partial charge on any atom is 0.119 e. The molecule has 0 radical (unpaired) electrons. The Morgan fingerprint density at radius 3 is 2.90 bits per heavy atom. The zero-order valence-corrected chi connectivity index (χ0v) is 14.0. The largest absolute Gasteiger partial charge is 0.497 e. The van der Waals surface area contributed by atoms with Crippen LogP contribution in [0.3, 0.4) is 0 Å². The SMILES string of the molecule is CCC1CCN(Cc2cc(OC)ccc2Br)C(CN)C1. The van der Waals surface area contributed by atoms with E-state index in [0.717, 1.165) is 35.8 Å². The smallest absolute Gasteiger partial charge is 0.119 e. The molecular formula is C16H25BrN2O. The summed E-state index contributed by atoms with van der Waals surface area (Å²) in [7, 11) is 1.71. The fraction of sp³-hybridized carbons (Fsp3) is 0.625. The van der Waals surface area contributed by atoms with Crippen molar-refractivity contribution in [2.24, 2.45) is 11.7 Å². The number of piperidine rings is 1. The van der Waals surface area contributed by atoms with Crippen LogP contribution in [-0.4, -0.2) is 31.1 Å². The number of nitrogens with zero attached hydrogens (tertiary/aromatic N) is 1. The van der Waals surface area contributed by atoms with Crippen molar-refractivity contribution in [2.45, 2.75) is 38.8 Å². The second kappa shape index (κ2) is 7.43. The van der Waals surface area contributed by atoms with Gasteiger partial charge in [0.15, 0.2) is 0 Å². The third-order valence-corrected chi connectivity index (χ3v) is 5.20. The molecule has 1 aromatic carbocycles. The first-order chi connectivity index (χ1) is 9.67. The van der Waals surface area contributed by atoms with E-state index in [1.54, 1.807) is 7.11 Å². The van der Waals surface area contributed by atoms with Crippen molar-refractivity contribution in [1.29, 1.82) is 0 Å². The minimum absolute atomic E-state index is 0.506. The van der Waals surface area contributed by atoms with Crippen LogP contribution in [0.1, 0.15) is 31.7 Å². The molecule has 112 valence electrons. The quantitative estimate of drug-likeness (QED) is 0.892. The molecule has 0 bridgehead atoms. The highest BCUT2D eigenvalue weighted by molar-refractivity contribution is 9.10. The monoisotopic (exact) mass is 340 g/mol. The van der Waals surface area contributed by atoms with E-state index in [1.807, 2.05) is 6.07 Å². The zero-order valence-electron chi connectivity index (χ0n) is 12.4. The normalized spacial score (nSPS) is 23.8. The van der Waals surface area contributed by atoms with Crippen LogP contribution in [-0.2, 0) is 6.54 Å². The van der Waals surface area contributed by atoms with Gasteiger partial charge in [-0.25, -0.2) is 0 Å². The standard InChI is InChI=1S/C16H25BrN2O/c1-3-12-6-7-19(14(8-12)10-18)11-13-9-15(20-2)4-5-16(13)17/h4-5,9,12,14H,3,6-8,10-11,18H2,1-2H3. The molecule has 1 aliphatic heterocycles. The van der Waals surface area contributed by atoms with Gasteiger partial charge in [-0.15, -0.1) is 0 Å². The molecule has 0 spiro atoms. The van der Waals surface area contributed by atoms with Crippen LogP contribution in [0.15, 0.2) is 22.7 Å². The summed E-state index contributed by atoms with van der Waals surface area (Å²) in [5, 5.41) is 0. The van der Waals surface area contributed by atoms with Crippen LogP contribution < -0.4 is 10.5 Å². The van der Waals surface area contributed by atoms with Gasteiger partial charge < -0.3 is 10.5 Å². The lowest BCUT2D eigenvalue weighted by Crippen LogP contribution is -2.46. The van der Waals surface area contributed by atoms with Gasteiger partial charge >= 0.3 is 0 Å². The first-order valence-corrected chi connectivity index (χ1v) is 8.23. The fourth-order valence-corrected chi connectivity index (χ4v) is 3.40. The summed E-state index contributed by atoms with van der Waals surface area (Å²) < 4.78 is 6.47. The number of hydrogen-bond acceptors (Lipinski definition) is 3. The first kappa shape index (κ1) is 15.8. The van der Waals surface area contributed by atoms with Gasteiger partial charge in [0.05, 0.1) is 7.11 Å².